The molecule has 6 atom stereocenters. The van der Waals surface area contributed by atoms with Crippen LogP contribution in [0.3, 0.4) is 0 Å². The van der Waals surface area contributed by atoms with Crippen LogP contribution < -0.4 is 0 Å². The van der Waals surface area contributed by atoms with Gasteiger partial charge in [-0.05, 0) is 96.8 Å². The van der Waals surface area contributed by atoms with E-state index in [0.717, 1.165) is 30.6 Å². The van der Waals surface area contributed by atoms with Crippen molar-refractivity contribution >= 4 is 5.57 Å². The summed E-state index contributed by atoms with van der Waals surface area (Å²) in [6, 6.07) is 4.38. The zero-order chi connectivity index (χ0) is 17.9. The second-order valence-electron chi connectivity index (χ2n) is 9.70. The van der Waals surface area contributed by atoms with Crippen LogP contribution in [-0.2, 0) is 0 Å². The van der Waals surface area contributed by atoms with Crippen molar-refractivity contribution in [2.24, 2.45) is 28.6 Å². The first kappa shape index (κ1) is 16.7. The van der Waals surface area contributed by atoms with Gasteiger partial charge in [0.15, 0.2) is 0 Å². The van der Waals surface area contributed by atoms with Crippen LogP contribution >= 0.6 is 0 Å². The van der Waals surface area contributed by atoms with Crippen molar-refractivity contribution in [2.75, 3.05) is 0 Å². The largest absolute Gasteiger partial charge is 0.393 e. The molecule has 0 spiro atoms. The SMILES string of the molecule is C[C@]12CC[C@H](O)CC1=CCC1C2CC[C@]2(C)C(c3ccncc3)=CCC12. The van der Waals surface area contributed by atoms with Crippen LogP contribution in [0.4, 0.5) is 0 Å². The van der Waals surface area contributed by atoms with Gasteiger partial charge in [0.2, 0.25) is 0 Å². The topological polar surface area (TPSA) is 33.1 Å². The third-order valence-corrected chi connectivity index (χ3v) is 8.65. The maximum Gasteiger partial charge on any atom is 0.0577 e. The van der Waals surface area contributed by atoms with Crippen LogP contribution in [0, 0.1) is 28.6 Å². The van der Waals surface area contributed by atoms with Crippen LogP contribution in [0.15, 0.2) is 42.3 Å². The number of aliphatic hydroxyl groups excluding tert-OH is 1. The van der Waals surface area contributed by atoms with Gasteiger partial charge in [-0.25, -0.2) is 0 Å². The van der Waals surface area contributed by atoms with Crippen LogP contribution in [0.5, 0.6) is 0 Å². The minimum absolute atomic E-state index is 0.105. The van der Waals surface area contributed by atoms with Crippen molar-refractivity contribution in [1.82, 2.24) is 4.98 Å². The van der Waals surface area contributed by atoms with Gasteiger partial charge < -0.3 is 5.11 Å². The lowest BCUT2D eigenvalue weighted by Gasteiger charge is -2.57. The van der Waals surface area contributed by atoms with Gasteiger partial charge in [0.25, 0.3) is 0 Å². The van der Waals surface area contributed by atoms with E-state index in [4.69, 9.17) is 0 Å². The summed E-state index contributed by atoms with van der Waals surface area (Å²) in [5.41, 5.74) is 5.17. The van der Waals surface area contributed by atoms with Crippen molar-refractivity contribution in [2.45, 2.75) is 64.9 Å². The highest BCUT2D eigenvalue weighted by molar-refractivity contribution is 5.72. The molecule has 2 nitrogen and oxygen atoms in total. The highest BCUT2D eigenvalue weighted by atomic mass is 16.3. The van der Waals surface area contributed by atoms with E-state index in [1.807, 2.05) is 12.4 Å². The molecule has 1 N–H and O–H groups in total. The summed E-state index contributed by atoms with van der Waals surface area (Å²) in [5.74, 6) is 2.37. The molecule has 1 aromatic heterocycles. The summed E-state index contributed by atoms with van der Waals surface area (Å²) in [5, 5.41) is 10.2. The predicted octanol–water partition coefficient (Wildman–Crippen LogP) is 5.40. The number of allylic oxidation sites excluding steroid dienone is 3. The number of fused-ring (bicyclic) bond motifs is 5. The van der Waals surface area contributed by atoms with Gasteiger partial charge in [0.05, 0.1) is 6.10 Å². The summed E-state index contributed by atoms with van der Waals surface area (Å²) < 4.78 is 0. The molecule has 26 heavy (non-hydrogen) atoms. The fraction of sp³-hybridized carbons (Fsp3) is 0.625. The van der Waals surface area contributed by atoms with E-state index < -0.39 is 0 Å². The molecule has 0 radical (unpaired) electrons. The average Bonchev–Trinajstić information content (AvgIpc) is 3.00. The van der Waals surface area contributed by atoms with E-state index in [0.29, 0.717) is 10.8 Å². The van der Waals surface area contributed by atoms with Gasteiger partial charge in [-0.1, -0.05) is 31.6 Å². The number of aromatic nitrogens is 1. The number of hydrogen-bond donors (Lipinski definition) is 1. The van der Waals surface area contributed by atoms with Crippen LogP contribution in [-0.4, -0.2) is 16.2 Å². The standard InChI is InChI=1S/C24H31NO/c1-23-11-7-18(26)15-17(23)3-4-19-21-6-5-20(16-9-13-25-14-10-16)24(21,2)12-8-22(19)23/h3,5,9-10,13-14,18-19,21-22,26H,4,6-8,11-12,15H2,1-2H3/t18-,19?,21?,22?,23-,24+/m0/s1. The number of pyridine rings is 1. The summed E-state index contributed by atoms with van der Waals surface area (Å²) in [6.07, 6.45) is 17.0. The zero-order valence-electron chi connectivity index (χ0n) is 16.1. The van der Waals surface area contributed by atoms with Crippen LogP contribution in [0.2, 0.25) is 0 Å². The highest BCUT2D eigenvalue weighted by Crippen LogP contribution is 2.66. The fourth-order valence-corrected chi connectivity index (χ4v) is 7.19. The Balaban J connectivity index is 1.48. The predicted molar refractivity (Wildman–Crippen MR) is 105 cm³/mol. The molecule has 0 aliphatic heterocycles. The monoisotopic (exact) mass is 349 g/mol. The van der Waals surface area contributed by atoms with Crippen molar-refractivity contribution in [3.8, 4) is 0 Å². The maximum atomic E-state index is 10.2. The molecular formula is C24H31NO. The Morgan fingerprint density at radius 3 is 2.54 bits per heavy atom. The molecule has 0 aromatic carbocycles. The van der Waals surface area contributed by atoms with E-state index in [2.05, 4.69) is 43.1 Å². The molecule has 0 amide bonds. The lowest BCUT2D eigenvalue weighted by Crippen LogP contribution is -2.49. The molecule has 4 aliphatic rings. The second-order valence-corrected chi connectivity index (χ2v) is 9.70. The zero-order valence-corrected chi connectivity index (χ0v) is 16.1. The summed E-state index contributed by atoms with van der Waals surface area (Å²) in [7, 11) is 0. The first-order valence-corrected chi connectivity index (χ1v) is 10.5. The lowest BCUT2D eigenvalue weighted by molar-refractivity contribution is -0.0238. The Morgan fingerprint density at radius 1 is 0.962 bits per heavy atom. The number of nitrogens with zero attached hydrogens (tertiary/aromatic N) is 1. The molecule has 138 valence electrons. The van der Waals surface area contributed by atoms with Crippen molar-refractivity contribution in [1.29, 1.82) is 0 Å². The van der Waals surface area contributed by atoms with Gasteiger partial charge in [-0.3, -0.25) is 4.98 Å². The quantitative estimate of drug-likeness (QED) is 0.689. The molecule has 1 aromatic rings. The minimum atomic E-state index is -0.105. The molecule has 2 saturated carbocycles. The fourth-order valence-electron chi connectivity index (χ4n) is 7.19. The molecule has 1 heterocycles. The van der Waals surface area contributed by atoms with Crippen molar-refractivity contribution in [3.05, 3.63) is 47.8 Å². The summed E-state index contributed by atoms with van der Waals surface area (Å²) >= 11 is 0. The van der Waals surface area contributed by atoms with Crippen LogP contribution in [0.1, 0.15) is 64.4 Å². The van der Waals surface area contributed by atoms with Crippen molar-refractivity contribution in [3.63, 3.8) is 0 Å². The minimum Gasteiger partial charge on any atom is -0.393 e. The number of aliphatic hydroxyl groups is 1. The third-order valence-electron chi connectivity index (χ3n) is 8.65. The molecule has 0 saturated heterocycles. The Labute approximate surface area is 157 Å². The average molecular weight is 350 g/mol. The lowest BCUT2D eigenvalue weighted by atomic mass is 9.47. The van der Waals surface area contributed by atoms with E-state index in [1.165, 1.54) is 37.7 Å². The number of rotatable bonds is 1. The Bertz CT molecular complexity index is 766. The summed E-state index contributed by atoms with van der Waals surface area (Å²) in [4.78, 5) is 4.21. The third kappa shape index (κ3) is 2.24. The molecule has 2 fully saturated rings. The van der Waals surface area contributed by atoms with Crippen LogP contribution in [0.25, 0.3) is 5.57 Å². The first-order chi connectivity index (χ1) is 12.5. The van der Waals surface area contributed by atoms with E-state index in [1.54, 1.807) is 11.1 Å². The molecule has 4 aliphatic carbocycles. The summed E-state index contributed by atoms with van der Waals surface area (Å²) in [6.45, 7) is 5.04. The molecule has 3 unspecified atom stereocenters. The van der Waals surface area contributed by atoms with Gasteiger partial charge in [0, 0.05) is 12.4 Å². The highest BCUT2D eigenvalue weighted by Gasteiger charge is 2.56. The van der Waals surface area contributed by atoms with Gasteiger partial charge in [-0.15, -0.1) is 0 Å². The normalized spacial score (nSPS) is 44.4. The van der Waals surface area contributed by atoms with E-state index in [9.17, 15) is 5.11 Å². The molecule has 2 heteroatoms. The van der Waals surface area contributed by atoms with Gasteiger partial charge >= 0.3 is 0 Å². The van der Waals surface area contributed by atoms with E-state index >= 15 is 0 Å². The molecule has 0 bridgehead atoms. The molecule has 5 rings (SSSR count). The first-order valence-electron chi connectivity index (χ1n) is 10.5. The Kier molecular flexibility index (Phi) is 3.73. The smallest absolute Gasteiger partial charge is 0.0577 e. The van der Waals surface area contributed by atoms with Crippen molar-refractivity contribution < 1.29 is 5.11 Å². The van der Waals surface area contributed by atoms with Gasteiger partial charge in [0.1, 0.15) is 0 Å². The second kappa shape index (κ2) is 5.79. The maximum absolute atomic E-state index is 10.2. The molecular weight excluding hydrogens is 318 g/mol. The van der Waals surface area contributed by atoms with E-state index in [-0.39, 0.29) is 6.10 Å². The van der Waals surface area contributed by atoms with Gasteiger partial charge in [-0.2, -0.15) is 0 Å². The Hall–Kier alpha value is -1.41. The number of hydrogen-bond acceptors (Lipinski definition) is 2. The Morgan fingerprint density at radius 2 is 1.73 bits per heavy atom.